The average molecular weight is 438 g/mol. The summed E-state index contributed by atoms with van der Waals surface area (Å²) >= 11 is 0. The van der Waals surface area contributed by atoms with Crippen LogP contribution in [0, 0.1) is 17.2 Å². The van der Waals surface area contributed by atoms with Gasteiger partial charge in [-0.2, -0.15) is 13.8 Å². The van der Waals surface area contributed by atoms with Gasteiger partial charge >= 0.3 is 0 Å². The van der Waals surface area contributed by atoms with E-state index in [4.69, 9.17) is 26.1 Å². The van der Waals surface area contributed by atoms with Crippen molar-refractivity contribution in [2.45, 2.75) is 41.5 Å². The van der Waals surface area contributed by atoms with E-state index in [1.165, 1.54) is 27.7 Å². The molecule has 0 atom stereocenters. The smallest absolute Gasteiger partial charge is 0.101 e. The van der Waals surface area contributed by atoms with Crippen LogP contribution in [0.15, 0.2) is 51.2 Å². The van der Waals surface area contributed by atoms with Crippen LogP contribution in [0.3, 0.4) is 0 Å². The first-order valence-corrected chi connectivity index (χ1v) is 7.52. The van der Waals surface area contributed by atoms with Gasteiger partial charge in [0, 0.05) is 29.2 Å². The van der Waals surface area contributed by atoms with Crippen LogP contribution in [-0.4, -0.2) is 48.7 Å². The van der Waals surface area contributed by atoms with Crippen LogP contribution in [0.5, 0.6) is 0 Å². The van der Waals surface area contributed by atoms with E-state index in [9.17, 15) is 0 Å². The van der Waals surface area contributed by atoms with Crippen LogP contribution in [0.2, 0.25) is 0 Å². The Hall–Kier alpha value is -3.10. The number of nitriles is 1. The van der Waals surface area contributed by atoms with E-state index in [2.05, 4.69) is 25.6 Å². The molecule has 0 amide bonds. The summed E-state index contributed by atoms with van der Waals surface area (Å²) in [6, 6.07) is 7.66. The quantitative estimate of drug-likeness (QED) is 0.238. The number of aromatic nitrogens is 1. The third-order valence-corrected chi connectivity index (χ3v) is 2.44. The van der Waals surface area contributed by atoms with Crippen molar-refractivity contribution in [1.29, 1.82) is 5.26 Å². The Morgan fingerprint density at radius 3 is 1.07 bits per heavy atom. The van der Waals surface area contributed by atoms with Crippen LogP contribution >= 0.6 is 0 Å². The Morgan fingerprint density at radius 2 is 1.00 bits per heavy atom. The van der Waals surface area contributed by atoms with Crippen LogP contribution in [-0.2, 0) is 16.8 Å². The summed E-state index contributed by atoms with van der Waals surface area (Å²) in [7, 11) is 0. The Kier molecular flexibility index (Phi) is 27.8. The zero-order chi connectivity index (χ0) is 21.7. The van der Waals surface area contributed by atoms with Gasteiger partial charge in [0.1, 0.15) is 22.8 Å². The summed E-state index contributed by atoms with van der Waals surface area (Å²) < 4.78 is 0. The standard InChI is InChI=1S/C5H5N.2C4H8N2O2.C4H6N.Co/c1-2-4-6-5-3-1;2*1-3(5-7)4(2)6-8;1-4(2)3-5;/h1-5H;2*7-8H,1-2H3;1-2H3;/q;;;-1;/b;2*5-3-,6-4+;;. The Balaban J connectivity index is -0.000000138. The van der Waals surface area contributed by atoms with Crippen molar-refractivity contribution in [3.05, 3.63) is 36.5 Å². The molecule has 10 nitrogen and oxygen atoms in total. The molecule has 0 unspecified atom stereocenters. The second-order valence-electron chi connectivity index (χ2n) is 4.88. The number of pyridine rings is 1. The molecule has 0 bridgehead atoms. The molecular formula is C17H27CoN6O4-. The first kappa shape index (κ1) is 32.6. The fraction of sp³-hybridized carbons (Fsp3) is 0.353. The fourth-order valence-corrected chi connectivity index (χ4v) is 0.602. The first-order chi connectivity index (χ1) is 12.7. The molecule has 4 N–H and O–H groups in total. The van der Waals surface area contributed by atoms with Crippen LogP contribution in [0.4, 0.5) is 0 Å². The Bertz CT molecular complexity index is 550. The number of rotatable bonds is 2. The van der Waals surface area contributed by atoms with Crippen LogP contribution < -0.4 is 0 Å². The number of hydrogen-bond acceptors (Lipinski definition) is 10. The maximum Gasteiger partial charge on any atom is 0.101 e. The molecule has 0 aliphatic heterocycles. The second kappa shape index (κ2) is 23.9. The molecule has 0 fully saturated rings. The van der Waals surface area contributed by atoms with Gasteiger partial charge in [-0.1, -0.05) is 26.7 Å². The van der Waals surface area contributed by atoms with Crippen molar-refractivity contribution in [2.75, 3.05) is 0 Å². The van der Waals surface area contributed by atoms with Gasteiger partial charge in [-0.15, -0.1) is 6.07 Å². The normalized spacial score (nSPS) is 10.9. The summed E-state index contributed by atoms with van der Waals surface area (Å²) in [6.45, 7) is 9.70. The zero-order valence-electron chi connectivity index (χ0n) is 16.7. The first-order valence-electron chi connectivity index (χ1n) is 7.52. The van der Waals surface area contributed by atoms with E-state index in [0.29, 0.717) is 22.8 Å². The largest absolute Gasteiger partial charge is 0.411 e. The van der Waals surface area contributed by atoms with Gasteiger partial charge in [-0.05, 0) is 39.8 Å². The van der Waals surface area contributed by atoms with Gasteiger partial charge in [0.25, 0.3) is 0 Å². The van der Waals surface area contributed by atoms with E-state index in [1.807, 2.05) is 24.3 Å². The van der Waals surface area contributed by atoms with Gasteiger partial charge in [-0.25, -0.2) is 5.26 Å². The van der Waals surface area contributed by atoms with Gasteiger partial charge < -0.3 is 20.8 Å². The molecule has 1 aromatic rings. The maximum atomic E-state index is 8.03. The number of nitrogens with zero attached hydrogens (tertiary/aromatic N) is 6. The third kappa shape index (κ3) is 25.1. The van der Waals surface area contributed by atoms with Crippen molar-refractivity contribution in [1.82, 2.24) is 4.98 Å². The molecule has 28 heavy (non-hydrogen) atoms. The molecule has 1 rings (SSSR count). The zero-order valence-corrected chi connectivity index (χ0v) is 17.7. The molecule has 0 saturated carbocycles. The molecule has 0 spiro atoms. The topological polar surface area (TPSA) is 167 Å². The molecule has 1 heterocycles. The predicted molar refractivity (Wildman–Crippen MR) is 104 cm³/mol. The summed E-state index contributed by atoms with van der Waals surface area (Å²) in [5.74, 6) is 0.810. The third-order valence-electron chi connectivity index (χ3n) is 2.44. The Morgan fingerprint density at radius 1 is 0.750 bits per heavy atom. The van der Waals surface area contributed by atoms with Gasteiger partial charge in [-0.3, -0.25) is 10.9 Å². The average Bonchev–Trinajstić information content (AvgIpc) is 2.73. The van der Waals surface area contributed by atoms with Crippen molar-refractivity contribution >= 4 is 22.8 Å². The predicted octanol–water partition coefficient (Wildman–Crippen LogP) is 3.58. The fourth-order valence-electron chi connectivity index (χ4n) is 0.602. The van der Waals surface area contributed by atoms with Gasteiger partial charge in [0.2, 0.25) is 0 Å². The minimum absolute atomic E-state index is 0. The van der Waals surface area contributed by atoms with Crippen LogP contribution in [0.1, 0.15) is 41.5 Å². The van der Waals surface area contributed by atoms with E-state index < -0.39 is 0 Å². The second-order valence-corrected chi connectivity index (χ2v) is 4.88. The van der Waals surface area contributed by atoms with E-state index in [0.717, 1.165) is 5.92 Å². The molecule has 0 saturated heterocycles. The van der Waals surface area contributed by atoms with Crippen molar-refractivity contribution in [2.24, 2.45) is 20.6 Å². The summed E-state index contributed by atoms with van der Waals surface area (Å²) in [5.41, 5.74) is 1.25. The molecule has 11 heteroatoms. The van der Waals surface area contributed by atoms with Gasteiger partial charge in [0.15, 0.2) is 0 Å². The number of hydrogen-bond donors (Lipinski definition) is 4. The summed E-state index contributed by atoms with van der Waals surface area (Å²) in [5, 5.41) is 51.1. The molecule has 0 aromatic carbocycles. The molecular weight excluding hydrogens is 411 g/mol. The van der Waals surface area contributed by atoms with Crippen molar-refractivity contribution in [3.8, 4) is 6.07 Å². The summed E-state index contributed by atoms with van der Waals surface area (Å²) in [4.78, 5) is 3.78. The van der Waals surface area contributed by atoms with Crippen LogP contribution in [0.25, 0.3) is 0 Å². The van der Waals surface area contributed by atoms with E-state index in [1.54, 1.807) is 26.2 Å². The SMILES string of the molecule is CC(=N/O)/C(C)=N/O.CC(=N/O)/C(C)=N/O.C[C-](C)C#N.[Co].c1ccncc1. The van der Waals surface area contributed by atoms with Crippen molar-refractivity contribution in [3.63, 3.8) is 0 Å². The minimum Gasteiger partial charge on any atom is -0.411 e. The number of oxime groups is 4. The molecule has 159 valence electrons. The molecule has 0 aliphatic carbocycles. The van der Waals surface area contributed by atoms with Gasteiger partial charge in [0.05, 0.1) is 0 Å². The molecule has 1 aromatic heterocycles. The summed E-state index contributed by atoms with van der Waals surface area (Å²) in [6.07, 6.45) is 3.50. The molecule has 1 radical (unpaired) electrons. The minimum atomic E-state index is 0. The monoisotopic (exact) mass is 438 g/mol. The van der Waals surface area contributed by atoms with E-state index in [-0.39, 0.29) is 16.8 Å². The Labute approximate surface area is 175 Å². The molecule has 0 aliphatic rings. The van der Waals surface area contributed by atoms with Crippen molar-refractivity contribution < 1.29 is 37.6 Å². The maximum absolute atomic E-state index is 8.03. The van der Waals surface area contributed by atoms with E-state index >= 15 is 0 Å².